The lowest BCUT2D eigenvalue weighted by Crippen LogP contribution is -2.11. The highest BCUT2D eigenvalue weighted by Crippen LogP contribution is 2.50. The van der Waals surface area contributed by atoms with Gasteiger partial charge in [-0.25, -0.2) is 4.39 Å². The molecule has 5 N–H and O–H groups in total. The Balaban J connectivity index is 1.86. The first kappa shape index (κ1) is 13.9. The first-order valence-corrected chi connectivity index (χ1v) is 7.58. The summed E-state index contributed by atoms with van der Waals surface area (Å²) < 4.78 is 13.6. The maximum atomic E-state index is 13.6. The van der Waals surface area contributed by atoms with Gasteiger partial charge in [0, 0.05) is 17.7 Å². The molecule has 0 unspecified atom stereocenters. The summed E-state index contributed by atoms with van der Waals surface area (Å²) in [6, 6.07) is 6.60. The summed E-state index contributed by atoms with van der Waals surface area (Å²) in [5.41, 5.74) is 13.4. The van der Waals surface area contributed by atoms with E-state index in [4.69, 9.17) is 11.5 Å². The van der Waals surface area contributed by atoms with Gasteiger partial charge in [-0.3, -0.25) is 4.79 Å². The van der Waals surface area contributed by atoms with Gasteiger partial charge in [-0.1, -0.05) is 18.2 Å². The van der Waals surface area contributed by atoms with Gasteiger partial charge in [0.25, 0.3) is 5.91 Å². The fourth-order valence-corrected chi connectivity index (χ4v) is 3.42. The van der Waals surface area contributed by atoms with Gasteiger partial charge in [-0.15, -0.1) is 11.3 Å². The predicted molar refractivity (Wildman–Crippen MR) is 83.0 cm³/mol. The molecule has 0 radical (unpaired) electrons. The number of nitrogen functional groups attached to an aromatic ring is 1. The molecule has 1 aromatic carbocycles. The Morgan fingerprint density at radius 3 is 2.71 bits per heavy atom. The molecule has 0 saturated heterocycles. The SMILES string of the molecule is NC(=O)c1sc(NCc2ccccc2F)c(C2CC2)c1N. The van der Waals surface area contributed by atoms with Gasteiger partial charge >= 0.3 is 0 Å². The fraction of sp³-hybridized carbons (Fsp3) is 0.267. The van der Waals surface area contributed by atoms with Gasteiger partial charge in [0.05, 0.1) is 10.7 Å². The second-order valence-corrected chi connectivity index (χ2v) is 6.19. The summed E-state index contributed by atoms with van der Waals surface area (Å²) in [5, 5.41) is 4.02. The lowest BCUT2D eigenvalue weighted by molar-refractivity contribution is 0.100. The number of nitrogens with two attached hydrogens (primary N) is 2. The zero-order chi connectivity index (χ0) is 15.0. The van der Waals surface area contributed by atoms with Crippen LogP contribution < -0.4 is 16.8 Å². The zero-order valence-electron chi connectivity index (χ0n) is 11.4. The third-order valence-corrected chi connectivity index (χ3v) is 4.78. The van der Waals surface area contributed by atoms with Gasteiger partial charge in [0.1, 0.15) is 10.7 Å². The van der Waals surface area contributed by atoms with Crippen LogP contribution in [0.1, 0.15) is 39.6 Å². The summed E-state index contributed by atoms with van der Waals surface area (Å²) in [6.45, 7) is 0.352. The minimum absolute atomic E-state index is 0.252. The molecule has 1 aliphatic carbocycles. The Morgan fingerprint density at radius 1 is 1.38 bits per heavy atom. The Hall–Kier alpha value is -2.08. The van der Waals surface area contributed by atoms with Crippen molar-refractivity contribution in [3.05, 3.63) is 46.1 Å². The molecule has 0 atom stereocenters. The Labute approximate surface area is 126 Å². The molecule has 2 aromatic rings. The minimum Gasteiger partial charge on any atom is -0.397 e. The highest BCUT2D eigenvalue weighted by Gasteiger charge is 2.32. The number of anilines is 2. The molecule has 1 saturated carbocycles. The average molecular weight is 305 g/mol. The second-order valence-electron chi connectivity index (χ2n) is 5.17. The third-order valence-electron chi connectivity index (χ3n) is 3.59. The van der Waals surface area contributed by atoms with Crippen LogP contribution in [0, 0.1) is 5.82 Å². The normalized spacial score (nSPS) is 14.1. The Bertz CT molecular complexity index is 694. The van der Waals surface area contributed by atoms with Crippen molar-refractivity contribution < 1.29 is 9.18 Å². The molecule has 1 aliphatic rings. The van der Waals surface area contributed by atoms with E-state index in [2.05, 4.69) is 5.32 Å². The average Bonchev–Trinajstić information content (AvgIpc) is 3.22. The van der Waals surface area contributed by atoms with Crippen LogP contribution in [0.4, 0.5) is 15.1 Å². The number of amides is 1. The van der Waals surface area contributed by atoms with Crippen LogP contribution in [0.25, 0.3) is 0 Å². The topological polar surface area (TPSA) is 81.1 Å². The molecule has 110 valence electrons. The minimum atomic E-state index is -0.515. The number of carbonyl (C=O) groups excluding carboxylic acids is 1. The second kappa shape index (κ2) is 5.37. The van der Waals surface area contributed by atoms with E-state index in [1.807, 2.05) is 0 Å². The van der Waals surface area contributed by atoms with E-state index in [1.54, 1.807) is 18.2 Å². The highest BCUT2D eigenvalue weighted by molar-refractivity contribution is 7.18. The molecule has 1 amide bonds. The molecular formula is C15H16FN3OS. The molecule has 1 fully saturated rings. The number of carbonyl (C=O) groups is 1. The van der Waals surface area contributed by atoms with Gasteiger partial charge in [-0.05, 0) is 24.8 Å². The maximum absolute atomic E-state index is 13.6. The molecule has 4 nitrogen and oxygen atoms in total. The van der Waals surface area contributed by atoms with Gasteiger partial charge < -0.3 is 16.8 Å². The molecule has 0 spiro atoms. The summed E-state index contributed by atoms with van der Waals surface area (Å²) >= 11 is 1.25. The van der Waals surface area contributed by atoms with Crippen molar-refractivity contribution in [2.45, 2.75) is 25.3 Å². The fourth-order valence-electron chi connectivity index (χ4n) is 2.37. The van der Waals surface area contributed by atoms with Crippen molar-refractivity contribution >= 4 is 27.9 Å². The van der Waals surface area contributed by atoms with Crippen LogP contribution >= 0.6 is 11.3 Å². The number of hydrogen-bond acceptors (Lipinski definition) is 4. The Morgan fingerprint density at radius 2 is 2.10 bits per heavy atom. The quantitative estimate of drug-likeness (QED) is 0.794. The molecule has 21 heavy (non-hydrogen) atoms. The van der Waals surface area contributed by atoms with E-state index in [0.717, 1.165) is 23.4 Å². The van der Waals surface area contributed by atoms with Crippen molar-refractivity contribution in [2.24, 2.45) is 5.73 Å². The van der Waals surface area contributed by atoms with Crippen LogP contribution in [0.15, 0.2) is 24.3 Å². The lowest BCUT2D eigenvalue weighted by Gasteiger charge is -2.08. The van der Waals surface area contributed by atoms with Gasteiger partial charge in [-0.2, -0.15) is 0 Å². The number of benzene rings is 1. The number of primary amides is 1. The summed E-state index contributed by atoms with van der Waals surface area (Å²) in [5.74, 6) is -0.381. The standard InChI is InChI=1S/C15H16FN3OS/c16-10-4-2-1-3-9(10)7-19-15-11(8-5-6-8)12(17)13(21-15)14(18)20/h1-4,8,19H,5-7,17H2,(H2,18,20). The summed E-state index contributed by atoms with van der Waals surface area (Å²) in [4.78, 5) is 11.8. The molecular weight excluding hydrogens is 289 g/mol. The Kier molecular flexibility index (Phi) is 3.55. The van der Waals surface area contributed by atoms with E-state index in [1.165, 1.54) is 17.4 Å². The van der Waals surface area contributed by atoms with Crippen molar-refractivity contribution in [3.63, 3.8) is 0 Å². The molecule has 0 bridgehead atoms. The summed E-state index contributed by atoms with van der Waals surface area (Å²) in [6.07, 6.45) is 2.13. The van der Waals surface area contributed by atoms with Crippen LogP contribution in [0.3, 0.4) is 0 Å². The smallest absolute Gasteiger partial charge is 0.260 e. The number of hydrogen-bond donors (Lipinski definition) is 3. The highest BCUT2D eigenvalue weighted by atomic mass is 32.1. The van der Waals surface area contributed by atoms with E-state index >= 15 is 0 Å². The van der Waals surface area contributed by atoms with Crippen molar-refractivity contribution in [1.29, 1.82) is 0 Å². The van der Waals surface area contributed by atoms with Crippen LogP contribution in [0.5, 0.6) is 0 Å². The van der Waals surface area contributed by atoms with E-state index in [0.29, 0.717) is 28.6 Å². The molecule has 6 heteroatoms. The number of rotatable bonds is 5. The van der Waals surface area contributed by atoms with Crippen LogP contribution in [-0.4, -0.2) is 5.91 Å². The maximum Gasteiger partial charge on any atom is 0.260 e. The van der Waals surface area contributed by atoms with Gasteiger partial charge in [0.2, 0.25) is 0 Å². The largest absolute Gasteiger partial charge is 0.397 e. The molecule has 1 aromatic heterocycles. The number of thiophene rings is 1. The number of nitrogens with one attached hydrogen (secondary N) is 1. The lowest BCUT2D eigenvalue weighted by atomic mass is 10.1. The molecule has 3 rings (SSSR count). The zero-order valence-corrected chi connectivity index (χ0v) is 12.2. The van der Waals surface area contributed by atoms with Crippen molar-refractivity contribution in [1.82, 2.24) is 0 Å². The monoisotopic (exact) mass is 305 g/mol. The van der Waals surface area contributed by atoms with E-state index in [9.17, 15) is 9.18 Å². The summed E-state index contributed by atoms with van der Waals surface area (Å²) in [7, 11) is 0. The third kappa shape index (κ3) is 2.71. The van der Waals surface area contributed by atoms with Crippen molar-refractivity contribution in [2.75, 3.05) is 11.1 Å². The van der Waals surface area contributed by atoms with E-state index in [-0.39, 0.29) is 5.82 Å². The molecule has 0 aliphatic heterocycles. The van der Waals surface area contributed by atoms with Crippen LogP contribution in [-0.2, 0) is 6.54 Å². The first-order valence-electron chi connectivity index (χ1n) is 6.77. The predicted octanol–water partition coefficient (Wildman–Crippen LogP) is 3.06. The van der Waals surface area contributed by atoms with Crippen LogP contribution in [0.2, 0.25) is 0 Å². The van der Waals surface area contributed by atoms with E-state index < -0.39 is 5.91 Å². The van der Waals surface area contributed by atoms with Crippen molar-refractivity contribution in [3.8, 4) is 0 Å². The molecule has 1 heterocycles. The first-order chi connectivity index (χ1) is 10.1. The van der Waals surface area contributed by atoms with Gasteiger partial charge in [0.15, 0.2) is 0 Å². The number of halogens is 1.